The van der Waals surface area contributed by atoms with E-state index in [9.17, 15) is 18.0 Å². The van der Waals surface area contributed by atoms with Crippen molar-refractivity contribution in [3.8, 4) is 11.5 Å². The molecule has 0 heterocycles. The van der Waals surface area contributed by atoms with Crippen LogP contribution >= 0.6 is 11.6 Å². The Labute approximate surface area is 247 Å². The number of amides is 2. The molecule has 2 unspecified atom stereocenters. The lowest BCUT2D eigenvalue weighted by molar-refractivity contribution is -0.139. The number of benzene rings is 3. The number of anilines is 1. The van der Waals surface area contributed by atoms with Crippen molar-refractivity contribution in [1.82, 2.24) is 10.2 Å². The van der Waals surface area contributed by atoms with Crippen LogP contribution in [0.1, 0.15) is 32.8 Å². The smallest absolute Gasteiger partial charge is 0.264 e. The first kappa shape index (κ1) is 31.8. The maximum atomic E-state index is 14.0. The van der Waals surface area contributed by atoms with E-state index >= 15 is 0 Å². The highest BCUT2D eigenvalue weighted by molar-refractivity contribution is 7.92. The molecule has 220 valence electrons. The molecule has 41 heavy (non-hydrogen) atoms. The average Bonchev–Trinajstić information content (AvgIpc) is 2.98. The minimum absolute atomic E-state index is 0.00658. The van der Waals surface area contributed by atoms with Crippen molar-refractivity contribution in [2.75, 3.05) is 25.1 Å². The van der Waals surface area contributed by atoms with E-state index in [4.69, 9.17) is 21.1 Å². The van der Waals surface area contributed by atoms with Crippen molar-refractivity contribution in [2.24, 2.45) is 0 Å². The highest BCUT2D eigenvalue weighted by Gasteiger charge is 2.33. The molecule has 0 fully saturated rings. The van der Waals surface area contributed by atoms with Crippen molar-refractivity contribution in [2.45, 2.75) is 50.7 Å². The first-order chi connectivity index (χ1) is 19.5. The van der Waals surface area contributed by atoms with Crippen molar-refractivity contribution in [3.63, 3.8) is 0 Å². The van der Waals surface area contributed by atoms with Gasteiger partial charge in [0.05, 0.1) is 24.8 Å². The molecule has 9 nitrogen and oxygen atoms in total. The van der Waals surface area contributed by atoms with Crippen LogP contribution in [0.25, 0.3) is 0 Å². The molecular formula is C30H36ClN3O6S. The minimum Gasteiger partial charge on any atom is -0.493 e. The summed E-state index contributed by atoms with van der Waals surface area (Å²) in [6, 6.07) is 18.5. The van der Waals surface area contributed by atoms with E-state index in [1.807, 2.05) is 13.8 Å². The molecule has 0 aliphatic carbocycles. The number of rotatable bonds is 13. The van der Waals surface area contributed by atoms with Crippen LogP contribution < -0.4 is 19.1 Å². The molecule has 0 bridgehead atoms. The summed E-state index contributed by atoms with van der Waals surface area (Å²) in [5, 5.41) is 3.33. The highest BCUT2D eigenvalue weighted by atomic mass is 35.5. The normalized spacial score (nSPS) is 12.6. The average molecular weight is 602 g/mol. The number of carbonyl (C=O) groups excluding carboxylic acids is 2. The molecule has 1 N–H and O–H groups in total. The molecule has 0 saturated heterocycles. The lowest BCUT2D eigenvalue weighted by Crippen LogP contribution is -2.52. The Bertz CT molecular complexity index is 1450. The molecule has 0 aliphatic heterocycles. The van der Waals surface area contributed by atoms with Gasteiger partial charge in [0.15, 0.2) is 11.5 Å². The Hall–Kier alpha value is -3.76. The highest BCUT2D eigenvalue weighted by Crippen LogP contribution is 2.32. The van der Waals surface area contributed by atoms with Gasteiger partial charge in [-0.2, -0.15) is 0 Å². The van der Waals surface area contributed by atoms with Crippen LogP contribution in [-0.4, -0.2) is 58.0 Å². The molecule has 0 spiro atoms. The summed E-state index contributed by atoms with van der Waals surface area (Å²) >= 11 is 6.40. The monoisotopic (exact) mass is 601 g/mol. The quantitative estimate of drug-likeness (QED) is 0.299. The summed E-state index contributed by atoms with van der Waals surface area (Å²) < 4.78 is 39.6. The first-order valence-electron chi connectivity index (χ1n) is 13.2. The van der Waals surface area contributed by atoms with Crippen molar-refractivity contribution >= 4 is 39.1 Å². The van der Waals surface area contributed by atoms with Gasteiger partial charge in [-0.1, -0.05) is 54.9 Å². The third-order valence-electron chi connectivity index (χ3n) is 6.73. The molecule has 0 saturated carbocycles. The number of nitrogens with zero attached hydrogens (tertiary/aromatic N) is 2. The largest absolute Gasteiger partial charge is 0.493 e. The zero-order valence-corrected chi connectivity index (χ0v) is 25.4. The molecular weight excluding hydrogens is 566 g/mol. The molecule has 3 rings (SSSR count). The maximum Gasteiger partial charge on any atom is 0.264 e. The van der Waals surface area contributed by atoms with Gasteiger partial charge in [-0.05, 0) is 56.2 Å². The fourth-order valence-electron chi connectivity index (χ4n) is 4.09. The number of ether oxygens (including phenoxy) is 2. The number of hydrogen-bond acceptors (Lipinski definition) is 6. The molecule has 0 aromatic heterocycles. The van der Waals surface area contributed by atoms with Crippen LogP contribution in [0.4, 0.5) is 5.69 Å². The van der Waals surface area contributed by atoms with E-state index < -0.39 is 28.5 Å². The number of para-hydroxylation sites is 1. The SMILES string of the molecule is CCC(C)NC(=O)C(C)N(Cc1ccccc1Cl)C(=O)CN(c1ccccc1)S(=O)(=O)c1ccc(OC)c(OC)c1. The van der Waals surface area contributed by atoms with Gasteiger partial charge in [0, 0.05) is 23.7 Å². The van der Waals surface area contributed by atoms with E-state index in [0.717, 1.165) is 4.31 Å². The third-order valence-corrected chi connectivity index (χ3v) is 8.87. The molecule has 2 amide bonds. The number of carbonyl (C=O) groups is 2. The van der Waals surface area contributed by atoms with Crippen LogP contribution in [0.3, 0.4) is 0 Å². The van der Waals surface area contributed by atoms with Gasteiger partial charge in [-0.15, -0.1) is 0 Å². The lowest BCUT2D eigenvalue weighted by atomic mass is 10.1. The Morgan fingerprint density at radius 1 is 0.927 bits per heavy atom. The van der Waals surface area contributed by atoms with Gasteiger partial charge >= 0.3 is 0 Å². The van der Waals surface area contributed by atoms with E-state index in [1.54, 1.807) is 61.5 Å². The predicted molar refractivity (Wildman–Crippen MR) is 160 cm³/mol. The van der Waals surface area contributed by atoms with Crippen LogP contribution in [-0.2, 0) is 26.2 Å². The summed E-state index contributed by atoms with van der Waals surface area (Å²) in [7, 11) is -1.41. The van der Waals surface area contributed by atoms with Crippen molar-refractivity contribution in [3.05, 3.63) is 83.4 Å². The molecule has 3 aromatic rings. The van der Waals surface area contributed by atoms with Crippen LogP contribution in [0, 0.1) is 0 Å². The summed E-state index contributed by atoms with van der Waals surface area (Å²) in [6.07, 6.45) is 0.711. The van der Waals surface area contributed by atoms with Gasteiger partial charge < -0.3 is 19.7 Å². The Morgan fingerprint density at radius 3 is 2.17 bits per heavy atom. The summed E-state index contributed by atoms with van der Waals surface area (Å²) in [5.74, 6) is -0.345. The molecule has 11 heteroatoms. The van der Waals surface area contributed by atoms with Crippen LogP contribution in [0.15, 0.2) is 77.7 Å². The summed E-state index contributed by atoms with van der Waals surface area (Å²) in [6.45, 7) is 4.87. The van der Waals surface area contributed by atoms with Gasteiger partial charge in [0.2, 0.25) is 11.8 Å². The number of nitrogens with one attached hydrogen (secondary N) is 1. The second-order valence-electron chi connectivity index (χ2n) is 9.47. The van der Waals surface area contributed by atoms with E-state index in [1.165, 1.54) is 37.3 Å². The summed E-state index contributed by atoms with van der Waals surface area (Å²) in [4.78, 5) is 28.4. The molecule has 3 aromatic carbocycles. The van der Waals surface area contributed by atoms with Gasteiger partial charge in [0.25, 0.3) is 10.0 Å². The van der Waals surface area contributed by atoms with E-state index in [2.05, 4.69) is 5.32 Å². The minimum atomic E-state index is -4.27. The topological polar surface area (TPSA) is 105 Å². The Kier molecular flexibility index (Phi) is 11.0. The van der Waals surface area contributed by atoms with Crippen molar-refractivity contribution in [1.29, 1.82) is 0 Å². The van der Waals surface area contributed by atoms with Gasteiger partial charge in [-0.3, -0.25) is 13.9 Å². The third kappa shape index (κ3) is 7.71. The fourth-order valence-corrected chi connectivity index (χ4v) is 5.71. The van der Waals surface area contributed by atoms with Crippen molar-refractivity contribution < 1.29 is 27.5 Å². The van der Waals surface area contributed by atoms with Crippen LogP contribution in [0.2, 0.25) is 5.02 Å². The number of sulfonamides is 1. The second-order valence-corrected chi connectivity index (χ2v) is 11.7. The first-order valence-corrected chi connectivity index (χ1v) is 15.0. The summed E-state index contributed by atoms with van der Waals surface area (Å²) in [5.41, 5.74) is 0.907. The Balaban J connectivity index is 2.05. The van der Waals surface area contributed by atoms with E-state index in [0.29, 0.717) is 22.8 Å². The fraction of sp³-hybridized carbons (Fsp3) is 0.333. The zero-order valence-electron chi connectivity index (χ0n) is 23.8. The lowest BCUT2D eigenvalue weighted by Gasteiger charge is -2.32. The predicted octanol–water partition coefficient (Wildman–Crippen LogP) is 4.88. The molecule has 2 atom stereocenters. The standard InChI is InChI=1S/C30H36ClN3O6S/c1-6-21(2)32-30(36)22(3)33(19-23-12-10-11-15-26(23)31)29(35)20-34(24-13-8-7-9-14-24)41(37,38)25-16-17-27(39-4)28(18-25)40-5/h7-18,21-22H,6,19-20H2,1-5H3,(H,32,36). The molecule has 0 radical (unpaired) electrons. The zero-order chi connectivity index (χ0) is 30.2. The number of methoxy groups -OCH3 is 2. The van der Waals surface area contributed by atoms with Gasteiger partial charge in [0.1, 0.15) is 12.6 Å². The van der Waals surface area contributed by atoms with E-state index in [-0.39, 0.29) is 34.8 Å². The second kappa shape index (κ2) is 14.2. The van der Waals surface area contributed by atoms with Gasteiger partial charge in [-0.25, -0.2) is 8.42 Å². The van der Waals surface area contributed by atoms with Crippen LogP contribution in [0.5, 0.6) is 11.5 Å². The number of halogens is 1. The maximum absolute atomic E-state index is 14.0. The number of hydrogen-bond donors (Lipinski definition) is 1. The molecule has 0 aliphatic rings. The Morgan fingerprint density at radius 2 is 1.56 bits per heavy atom.